The van der Waals surface area contributed by atoms with Gasteiger partial charge in [-0.15, -0.1) is 0 Å². The number of halogens is 1. The Kier molecular flexibility index (Phi) is 15.0. The number of nitrogens with zero attached hydrogens (tertiary/aromatic N) is 2. The van der Waals surface area contributed by atoms with Gasteiger partial charge in [0.1, 0.15) is 0 Å². The first-order chi connectivity index (χ1) is 10.9. The maximum atomic E-state index is 8.44. The van der Waals surface area contributed by atoms with E-state index >= 15 is 0 Å². The van der Waals surface area contributed by atoms with Crippen molar-refractivity contribution in [3.8, 4) is 0 Å². The topological polar surface area (TPSA) is 45.7 Å². The van der Waals surface area contributed by atoms with Gasteiger partial charge >= 0.3 is 0 Å². The molecule has 0 bridgehead atoms. The van der Waals surface area contributed by atoms with Crippen LogP contribution in [0.4, 0.5) is 0 Å². The fourth-order valence-corrected chi connectivity index (χ4v) is 2.39. The molecule has 0 aliphatic rings. The lowest BCUT2D eigenvalue weighted by molar-refractivity contribution is -0.732. The first kappa shape index (κ1) is 21.9. The molecule has 0 saturated carbocycles. The Labute approximate surface area is 147 Å². The molecule has 5 heteroatoms. The average molecular weight is 343 g/mol. The van der Waals surface area contributed by atoms with Crippen LogP contribution in [0.1, 0.15) is 70.3 Å². The summed E-state index contributed by atoms with van der Waals surface area (Å²) in [5, 5.41) is 11.4. The summed E-state index contributed by atoms with van der Waals surface area (Å²) in [5.41, 5.74) is 0.873. The van der Waals surface area contributed by atoms with Crippen LogP contribution < -0.4 is 17.0 Å². The Bertz CT molecular complexity index is 397. The van der Waals surface area contributed by atoms with Crippen LogP contribution in [0.5, 0.6) is 0 Å². The zero-order valence-electron chi connectivity index (χ0n) is 14.3. The number of unbranched alkanes of at least 4 members (excludes halogenated alkanes) is 8. The monoisotopic (exact) mass is 342 g/mol. The van der Waals surface area contributed by atoms with E-state index in [4.69, 9.17) is 9.94 Å². The molecule has 0 fully saturated rings. The minimum atomic E-state index is 0. The van der Waals surface area contributed by atoms with Gasteiger partial charge in [0, 0.05) is 17.7 Å². The molecule has 0 aromatic carbocycles. The molecule has 0 aliphatic carbocycles. The lowest BCUT2D eigenvalue weighted by Crippen LogP contribution is -3.00. The summed E-state index contributed by atoms with van der Waals surface area (Å²) in [7, 11) is 0. The molecule has 0 amide bonds. The van der Waals surface area contributed by atoms with Crippen LogP contribution in [-0.4, -0.2) is 18.0 Å². The fraction of sp³-hybridized carbons (Fsp3) is 0.667. The standard InChI is InChI=1S/C18H30N2O2.ClH/c1-2-3-4-5-6-7-8-9-10-15-22-17-20-13-11-18(12-14-20)16-19-21;/h11-14,16H,2-10,15,17H2,1H3;1H. The van der Waals surface area contributed by atoms with Gasteiger partial charge in [0.05, 0.1) is 12.8 Å². The Balaban J connectivity index is 0.00000484. The molecular weight excluding hydrogens is 312 g/mol. The van der Waals surface area contributed by atoms with E-state index in [9.17, 15) is 0 Å². The quantitative estimate of drug-likeness (QED) is 0.193. The van der Waals surface area contributed by atoms with E-state index in [1.807, 2.05) is 29.1 Å². The third-order valence-electron chi connectivity index (χ3n) is 3.76. The summed E-state index contributed by atoms with van der Waals surface area (Å²) < 4.78 is 7.63. The first-order valence-electron chi connectivity index (χ1n) is 8.61. The van der Waals surface area contributed by atoms with Gasteiger partial charge in [0.15, 0.2) is 12.4 Å². The molecule has 0 radical (unpaired) electrons. The minimum absolute atomic E-state index is 0. The largest absolute Gasteiger partial charge is 1.00 e. The molecule has 1 aromatic heterocycles. The molecule has 0 spiro atoms. The van der Waals surface area contributed by atoms with Gasteiger partial charge in [0.2, 0.25) is 0 Å². The Morgan fingerprint density at radius 2 is 1.57 bits per heavy atom. The van der Waals surface area contributed by atoms with E-state index in [0.29, 0.717) is 6.73 Å². The maximum absolute atomic E-state index is 8.44. The normalized spacial score (nSPS) is 10.8. The molecule has 0 saturated heterocycles. The summed E-state index contributed by atoms with van der Waals surface area (Å²) in [5.74, 6) is 0. The van der Waals surface area contributed by atoms with E-state index < -0.39 is 0 Å². The van der Waals surface area contributed by atoms with Gasteiger partial charge in [-0.25, -0.2) is 0 Å². The van der Waals surface area contributed by atoms with Crippen LogP contribution in [-0.2, 0) is 11.5 Å². The predicted molar refractivity (Wildman–Crippen MR) is 89.2 cm³/mol. The molecule has 0 unspecified atom stereocenters. The second-order valence-corrected chi connectivity index (χ2v) is 5.76. The van der Waals surface area contributed by atoms with E-state index in [1.165, 1.54) is 57.6 Å². The van der Waals surface area contributed by atoms with Crippen molar-refractivity contribution in [3.05, 3.63) is 30.1 Å². The lowest BCUT2D eigenvalue weighted by Gasteiger charge is -2.02. The lowest BCUT2D eigenvalue weighted by atomic mass is 10.1. The zero-order chi connectivity index (χ0) is 15.9. The van der Waals surface area contributed by atoms with Crippen molar-refractivity contribution in [2.75, 3.05) is 6.61 Å². The first-order valence-corrected chi connectivity index (χ1v) is 8.61. The summed E-state index contributed by atoms with van der Waals surface area (Å²) >= 11 is 0. The highest BCUT2D eigenvalue weighted by Gasteiger charge is 2.00. The Morgan fingerprint density at radius 1 is 1.00 bits per heavy atom. The van der Waals surface area contributed by atoms with Crippen molar-refractivity contribution in [1.82, 2.24) is 0 Å². The maximum Gasteiger partial charge on any atom is 0.252 e. The van der Waals surface area contributed by atoms with Gasteiger partial charge in [-0.1, -0.05) is 63.4 Å². The summed E-state index contributed by atoms with van der Waals surface area (Å²) in [4.78, 5) is 0. The third kappa shape index (κ3) is 12.0. The van der Waals surface area contributed by atoms with Crippen molar-refractivity contribution in [1.29, 1.82) is 0 Å². The molecule has 1 aromatic rings. The van der Waals surface area contributed by atoms with Crippen LogP contribution in [0.25, 0.3) is 0 Å². The Morgan fingerprint density at radius 3 is 2.13 bits per heavy atom. The van der Waals surface area contributed by atoms with Crippen molar-refractivity contribution >= 4 is 6.21 Å². The molecule has 0 atom stereocenters. The molecule has 0 aliphatic heterocycles. The van der Waals surface area contributed by atoms with Crippen molar-refractivity contribution in [2.24, 2.45) is 5.16 Å². The molecule has 1 heterocycles. The smallest absolute Gasteiger partial charge is 0.252 e. The van der Waals surface area contributed by atoms with Crippen LogP contribution in [0, 0.1) is 0 Å². The summed E-state index contributed by atoms with van der Waals surface area (Å²) in [6.45, 7) is 3.66. The molecule has 1 N–H and O–H groups in total. The second kappa shape index (κ2) is 15.8. The van der Waals surface area contributed by atoms with E-state index in [1.54, 1.807) is 0 Å². The number of pyridine rings is 1. The highest BCUT2D eigenvalue weighted by Crippen LogP contribution is 2.09. The number of rotatable bonds is 13. The molecule has 132 valence electrons. The van der Waals surface area contributed by atoms with Crippen molar-refractivity contribution < 1.29 is 26.9 Å². The third-order valence-corrected chi connectivity index (χ3v) is 3.76. The van der Waals surface area contributed by atoms with E-state index in [2.05, 4.69) is 12.1 Å². The molecule has 1 rings (SSSR count). The van der Waals surface area contributed by atoms with Crippen LogP contribution >= 0.6 is 0 Å². The highest BCUT2D eigenvalue weighted by molar-refractivity contribution is 5.78. The van der Waals surface area contributed by atoms with Gasteiger partial charge < -0.3 is 22.4 Å². The zero-order valence-corrected chi connectivity index (χ0v) is 15.0. The summed E-state index contributed by atoms with van der Waals surface area (Å²) in [6, 6.07) is 3.78. The molecule has 4 nitrogen and oxygen atoms in total. The number of oxime groups is 1. The van der Waals surface area contributed by atoms with Crippen LogP contribution in [0.2, 0.25) is 0 Å². The average Bonchev–Trinajstić information content (AvgIpc) is 2.54. The van der Waals surface area contributed by atoms with Gasteiger partial charge in [-0.3, -0.25) is 0 Å². The molecule has 23 heavy (non-hydrogen) atoms. The van der Waals surface area contributed by atoms with Gasteiger partial charge in [0.25, 0.3) is 6.73 Å². The number of hydrogen-bond donors (Lipinski definition) is 1. The number of hydrogen-bond acceptors (Lipinski definition) is 3. The predicted octanol–water partition coefficient (Wildman–Crippen LogP) is 1.29. The highest BCUT2D eigenvalue weighted by atomic mass is 35.5. The van der Waals surface area contributed by atoms with E-state index in [-0.39, 0.29) is 12.4 Å². The van der Waals surface area contributed by atoms with E-state index in [0.717, 1.165) is 18.6 Å². The Hall–Kier alpha value is -1.13. The SMILES string of the molecule is CCCCCCCCCCCOC[n+]1ccc(/C=N/O)cc1.[Cl-]. The second-order valence-electron chi connectivity index (χ2n) is 5.76. The van der Waals surface area contributed by atoms with Crippen molar-refractivity contribution in [3.63, 3.8) is 0 Å². The van der Waals surface area contributed by atoms with Crippen LogP contribution in [0.3, 0.4) is 0 Å². The van der Waals surface area contributed by atoms with Crippen molar-refractivity contribution in [2.45, 2.75) is 71.4 Å². The van der Waals surface area contributed by atoms with Gasteiger partial charge in [-0.05, 0) is 6.42 Å². The molecular formula is C18H31ClN2O2. The minimum Gasteiger partial charge on any atom is -1.00 e. The number of ether oxygens (including phenoxy) is 1. The fourth-order valence-electron chi connectivity index (χ4n) is 2.39. The van der Waals surface area contributed by atoms with Crippen LogP contribution in [0.15, 0.2) is 29.7 Å². The van der Waals surface area contributed by atoms with Gasteiger partial charge in [-0.2, -0.15) is 4.57 Å². The number of aromatic nitrogens is 1. The summed E-state index contributed by atoms with van der Waals surface area (Å²) in [6.07, 6.45) is 17.3.